The van der Waals surface area contributed by atoms with Crippen molar-refractivity contribution >= 4 is 33.1 Å². The largest absolute Gasteiger partial charge is 0.507 e. The number of rotatable bonds is 1. The predicted molar refractivity (Wildman–Crippen MR) is 109 cm³/mol. The summed E-state index contributed by atoms with van der Waals surface area (Å²) in [5.41, 5.74) is 3.00. The lowest BCUT2D eigenvalue weighted by Gasteiger charge is -2.19. The van der Waals surface area contributed by atoms with Gasteiger partial charge in [0, 0.05) is 24.2 Å². The number of carbonyl (C=O) groups excluding carboxylic acids is 1. The molecule has 0 atom stereocenters. The van der Waals surface area contributed by atoms with Gasteiger partial charge < -0.3 is 15.7 Å². The Balaban J connectivity index is 1.99. The highest BCUT2D eigenvalue weighted by Crippen LogP contribution is 2.45. The highest BCUT2D eigenvalue weighted by atomic mass is 16.3. The highest BCUT2D eigenvalue weighted by Gasteiger charge is 2.24. The van der Waals surface area contributed by atoms with E-state index in [0.717, 1.165) is 38.4 Å². The molecule has 0 spiro atoms. The normalized spacial score (nSPS) is 13.7. The van der Waals surface area contributed by atoms with Crippen LogP contribution in [0.2, 0.25) is 0 Å². The summed E-state index contributed by atoms with van der Waals surface area (Å²) in [5, 5.41) is 21.2. The van der Waals surface area contributed by atoms with Crippen LogP contribution >= 0.6 is 0 Å². The third kappa shape index (κ3) is 2.41. The average molecular weight is 354 g/mol. The molecule has 0 aliphatic carbocycles. The maximum atomic E-state index is 12.7. The predicted octanol–water partition coefficient (Wildman–Crippen LogP) is 4.52. The molecular weight excluding hydrogens is 336 g/mol. The van der Waals surface area contributed by atoms with Crippen LogP contribution in [0.3, 0.4) is 0 Å². The standard InChI is InChI=1S/C23H18N2O2/c26-19-10-9-14-5-1-3-7-16(14)20(19)21-17-8-4-2-6-15(17)13-18-22(21)24-11-12-25-23(18)27/h1-10,13,24,26H,11-12H2,(H,25,27). The number of amides is 1. The van der Waals surface area contributed by atoms with Gasteiger partial charge in [-0.3, -0.25) is 4.79 Å². The maximum Gasteiger partial charge on any atom is 0.253 e. The zero-order valence-electron chi connectivity index (χ0n) is 14.6. The monoisotopic (exact) mass is 354 g/mol. The van der Waals surface area contributed by atoms with Crippen LogP contribution < -0.4 is 10.6 Å². The Labute approximate surface area is 156 Å². The molecule has 3 N–H and O–H groups in total. The topological polar surface area (TPSA) is 61.4 Å². The number of anilines is 1. The first-order valence-corrected chi connectivity index (χ1v) is 9.03. The summed E-state index contributed by atoms with van der Waals surface area (Å²) in [4.78, 5) is 12.7. The van der Waals surface area contributed by atoms with E-state index in [9.17, 15) is 9.90 Å². The number of hydrogen-bond acceptors (Lipinski definition) is 3. The summed E-state index contributed by atoms with van der Waals surface area (Å²) in [6, 6.07) is 21.5. The molecule has 4 aromatic rings. The smallest absolute Gasteiger partial charge is 0.253 e. The fourth-order valence-electron chi connectivity index (χ4n) is 3.95. The lowest BCUT2D eigenvalue weighted by molar-refractivity contribution is 0.0958. The Morgan fingerprint density at radius 2 is 1.41 bits per heavy atom. The molecule has 0 bridgehead atoms. The Hall–Kier alpha value is -3.53. The minimum atomic E-state index is -0.0956. The van der Waals surface area contributed by atoms with Crippen molar-refractivity contribution in [3.05, 3.63) is 72.3 Å². The fraction of sp³-hybridized carbons (Fsp3) is 0.0870. The summed E-state index contributed by atoms with van der Waals surface area (Å²) in [7, 11) is 0. The van der Waals surface area contributed by atoms with Crippen LogP contribution in [0, 0.1) is 0 Å². The van der Waals surface area contributed by atoms with Gasteiger partial charge in [-0.25, -0.2) is 0 Å². The van der Waals surface area contributed by atoms with Gasteiger partial charge in [0.05, 0.1) is 11.3 Å². The van der Waals surface area contributed by atoms with Crippen molar-refractivity contribution in [3.8, 4) is 16.9 Å². The van der Waals surface area contributed by atoms with Crippen LogP contribution in [0.4, 0.5) is 5.69 Å². The minimum Gasteiger partial charge on any atom is -0.507 e. The zero-order valence-corrected chi connectivity index (χ0v) is 14.6. The summed E-state index contributed by atoms with van der Waals surface area (Å²) in [5.74, 6) is 0.112. The molecule has 1 heterocycles. The van der Waals surface area contributed by atoms with Gasteiger partial charge in [0.15, 0.2) is 0 Å². The summed E-state index contributed by atoms with van der Waals surface area (Å²) in [6.45, 7) is 1.19. The SMILES string of the molecule is O=C1NCCNc2c1cc1ccccc1c2-c1c(O)ccc2ccccc12. The van der Waals surface area contributed by atoms with Gasteiger partial charge in [-0.15, -0.1) is 0 Å². The van der Waals surface area contributed by atoms with Crippen LogP contribution in [0.15, 0.2) is 66.7 Å². The molecule has 0 unspecified atom stereocenters. The molecule has 27 heavy (non-hydrogen) atoms. The van der Waals surface area contributed by atoms with E-state index in [2.05, 4.69) is 10.6 Å². The van der Waals surface area contributed by atoms with Crippen molar-refractivity contribution in [2.45, 2.75) is 0 Å². The lowest BCUT2D eigenvalue weighted by atomic mass is 9.89. The van der Waals surface area contributed by atoms with E-state index in [-0.39, 0.29) is 11.7 Å². The van der Waals surface area contributed by atoms with Gasteiger partial charge in [0.1, 0.15) is 5.75 Å². The highest BCUT2D eigenvalue weighted by molar-refractivity contribution is 6.17. The number of carbonyl (C=O) groups is 1. The van der Waals surface area contributed by atoms with Crippen LogP contribution in [-0.4, -0.2) is 24.1 Å². The Kier molecular flexibility index (Phi) is 3.50. The molecule has 1 amide bonds. The van der Waals surface area contributed by atoms with E-state index >= 15 is 0 Å². The van der Waals surface area contributed by atoms with Crippen LogP contribution in [0.25, 0.3) is 32.7 Å². The van der Waals surface area contributed by atoms with Crippen molar-refractivity contribution < 1.29 is 9.90 Å². The van der Waals surface area contributed by atoms with E-state index in [1.54, 1.807) is 6.07 Å². The van der Waals surface area contributed by atoms with Crippen LogP contribution in [0.1, 0.15) is 10.4 Å². The average Bonchev–Trinajstić information content (AvgIpc) is 2.88. The van der Waals surface area contributed by atoms with Crippen molar-refractivity contribution in [2.24, 2.45) is 0 Å². The first-order chi connectivity index (χ1) is 13.2. The van der Waals surface area contributed by atoms with Crippen molar-refractivity contribution in [2.75, 3.05) is 18.4 Å². The zero-order chi connectivity index (χ0) is 18.4. The molecule has 0 aromatic heterocycles. The van der Waals surface area contributed by atoms with Crippen molar-refractivity contribution in [1.82, 2.24) is 5.32 Å². The number of benzene rings is 4. The lowest BCUT2D eigenvalue weighted by Crippen LogP contribution is -2.24. The molecule has 0 saturated heterocycles. The molecule has 4 aromatic carbocycles. The third-order valence-electron chi connectivity index (χ3n) is 5.16. The first kappa shape index (κ1) is 15.7. The van der Waals surface area contributed by atoms with E-state index in [1.807, 2.05) is 60.7 Å². The molecular formula is C23H18N2O2. The molecule has 4 heteroatoms. The molecule has 0 radical (unpaired) electrons. The van der Waals surface area contributed by atoms with Crippen LogP contribution in [0.5, 0.6) is 5.75 Å². The van der Waals surface area contributed by atoms with Gasteiger partial charge >= 0.3 is 0 Å². The van der Waals surface area contributed by atoms with Crippen molar-refractivity contribution in [1.29, 1.82) is 0 Å². The quantitative estimate of drug-likeness (QED) is 0.471. The molecule has 5 rings (SSSR count). The minimum absolute atomic E-state index is 0.0956. The van der Waals surface area contributed by atoms with Gasteiger partial charge in [-0.2, -0.15) is 0 Å². The molecule has 0 fully saturated rings. The molecule has 4 nitrogen and oxygen atoms in total. The second-order valence-corrected chi connectivity index (χ2v) is 6.76. The molecule has 1 aliphatic heterocycles. The van der Waals surface area contributed by atoms with E-state index in [1.165, 1.54) is 0 Å². The number of aromatic hydroxyl groups is 1. The van der Waals surface area contributed by atoms with E-state index in [0.29, 0.717) is 18.7 Å². The van der Waals surface area contributed by atoms with Gasteiger partial charge in [-0.1, -0.05) is 54.6 Å². The molecule has 1 aliphatic rings. The fourth-order valence-corrected chi connectivity index (χ4v) is 3.95. The second kappa shape index (κ2) is 6.02. The number of nitrogens with one attached hydrogen (secondary N) is 2. The summed E-state index contributed by atoms with van der Waals surface area (Å²) in [6.07, 6.45) is 0. The number of phenolic OH excluding ortho intramolecular Hbond substituents is 1. The van der Waals surface area contributed by atoms with Gasteiger partial charge in [0.2, 0.25) is 0 Å². The van der Waals surface area contributed by atoms with Gasteiger partial charge in [0.25, 0.3) is 5.91 Å². The third-order valence-corrected chi connectivity index (χ3v) is 5.16. The Morgan fingerprint density at radius 3 is 2.22 bits per heavy atom. The maximum absolute atomic E-state index is 12.7. The summed E-state index contributed by atoms with van der Waals surface area (Å²) < 4.78 is 0. The number of hydrogen-bond donors (Lipinski definition) is 3. The van der Waals surface area contributed by atoms with E-state index < -0.39 is 0 Å². The number of phenols is 1. The first-order valence-electron chi connectivity index (χ1n) is 9.03. The molecule has 132 valence electrons. The van der Waals surface area contributed by atoms with Crippen LogP contribution in [-0.2, 0) is 0 Å². The van der Waals surface area contributed by atoms with E-state index in [4.69, 9.17) is 0 Å². The Morgan fingerprint density at radius 1 is 0.741 bits per heavy atom. The van der Waals surface area contributed by atoms with Gasteiger partial charge in [-0.05, 0) is 33.7 Å². The molecule has 0 saturated carbocycles. The second-order valence-electron chi connectivity index (χ2n) is 6.76. The Bertz CT molecular complexity index is 1210. The summed E-state index contributed by atoms with van der Waals surface area (Å²) >= 11 is 0. The van der Waals surface area contributed by atoms with Crippen molar-refractivity contribution in [3.63, 3.8) is 0 Å². The number of fused-ring (bicyclic) bond motifs is 3.